The predicted octanol–water partition coefficient (Wildman–Crippen LogP) is 3.71. The number of anilines is 3. The second-order valence-electron chi connectivity index (χ2n) is 14.2. The maximum atomic E-state index is 13.6. The van der Waals surface area contributed by atoms with Gasteiger partial charge in [0, 0.05) is 56.5 Å². The number of carbonyl (C=O) groups is 5. The molecule has 56 heavy (non-hydrogen) atoms. The summed E-state index contributed by atoms with van der Waals surface area (Å²) in [6.07, 6.45) is -2.19. The van der Waals surface area contributed by atoms with Crippen LogP contribution in [0.25, 0.3) is 11.0 Å². The van der Waals surface area contributed by atoms with Gasteiger partial charge in [-0.2, -0.15) is 13.2 Å². The van der Waals surface area contributed by atoms with Crippen molar-refractivity contribution in [1.82, 2.24) is 29.7 Å². The lowest BCUT2D eigenvalue weighted by molar-refractivity contribution is -0.138. The third-order valence-electron chi connectivity index (χ3n) is 10.6. The Hall–Kier alpha value is -6.33. The van der Waals surface area contributed by atoms with Crippen LogP contribution in [0.1, 0.15) is 88.4 Å². The molecule has 5 N–H and O–H groups in total. The zero-order valence-electron chi connectivity index (χ0n) is 30.4. The van der Waals surface area contributed by atoms with Gasteiger partial charge in [0.1, 0.15) is 23.8 Å². The summed E-state index contributed by atoms with van der Waals surface area (Å²) in [4.78, 5) is 88.7. The Kier molecular flexibility index (Phi) is 9.98. The molecule has 2 aromatic carbocycles. The maximum absolute atomic E-state index is 13.6. The highest BCUT2D eigenvalue weighted by Gasteiger charge is 2.45. The van der Waals surface area contributed by atoms with Crippen LogP contribution in [-0.2, 0) is 27.6 Å². The monoisotopic (exact) mass is 773 g/mol. The molecule has 5 heterocycles. The molecule has 0 spiro atoms. The number of alkyl halides is 3. The second kappa shape index (κ2) is 14.7. The molecular weight excluding hydrogens is 735 g/mol. The SMILES string of the molecule is C[C@@H](Nc1ncnc2c1cc(C1CCN(C(=O)CCNc3cccc4c3C(=O)N(C3CCC(=O)NC3=O)C4=O)CC1)c(=O)n2C)c1cc(N)cc(C(F)(F)F)c1. The van der Waals surface area contributed by atoms with Crippen LogP contribution in [0.15, 0.2) is 53.6 Å². The van der Waals surface area contributed by atoms with E-state index in [4.69, 9.17) is 5.73 Å². The third-order valence-corrected chi connectivity index (χ3v) is 10.6. The summed E-state index contributed by atoms with van der Waals surface area (Å²) in [6.45, 7) is 2.59. The van der Waals surface area contributed by atoms with Gasteiger partial charge in [0.2, 0.25) is 17.7 Å². The molecule has 5 amide bonds. The summed E-state index contributed by atoms with van der Waals surface area (Å²) in [5.74, 6) is -2.46. The van der Waals surface area contributed by atoms with Crippen molar-refractivity contribution in [1.29, 1.82) is 0 Å². The number of carbonyl (C=O) groups excluding carboxylic acids is 5. The van der Waals surface area contributed by atoms with E-state index in [9.17, 15) is 41.9 Å². The van der Waals surface area contributed by atoms with Gasteiger partial charge in [-0.25, -0.2) is 9.97 Å². The first-order chi connectivity index (χ1) is 26.6. The summed E-state index contributed by atoms with van der Waals surface area (Å²) in [5.41, 5.74) is 6.36. The number of nitrogens with one attached hydrogen (secondary N) is 3. The highest BCUT2D eigenvalue weighted by Crippen LogP contribution is 2.35. The molecule has 1 unspecified atom stereocenters. The molecule has 3 aliphatic heterocycles. The molecule has 2 aromatic heterocycles. The molecule has 0 saturated carbocycles. The van der Waals surface area contributed by atoms with Crippen LogP contribution < -0.4 is 27.2 Å². The van der Waals surface area contributed by atoms with E-state index in [1.165, 1.54) is 23.0 Å². The van der Waals surface area contributed by atoms with Crippen molar-refractivity contribution >= 4 is 57.8 Å². The van der Waals surface area contributed by atoms with Gasteiger partial charge in [0.25, 0.3) is 17.4 Å². The van der Waals surface area contributed by atoms with Crippen molar-refractivity contribution in [2.45, 2.75) is 63.2 Å². The molecule has 292 valence electrons. The Labute approximate surface area is 317 Å². The molecule has 2 saturated heterocycles. The van der Waals surface area contributed by atoms with E-state index in [1.54, 1.807) is 37.1 Å². The van der Waals surface area contributed by atoms with Crippen LogP contribution >= 0.6 is 0 Å². The van der Waals surface area contributed by atoms with Crippen LogP contribution in [0.4, 0.5) is 30.4 Å². The highest BCUT2D eigenvalue weighted by atomic mass is 19.4. The number of nitrogen functional groups attached to an aromatic ring is 1. The van der Waals surface area contributed by atoms with Crippen LogP contribution in [0.2, 0.25) is 0 Å². The summed E-state index contributed by atoms with van der Waals surface area (Å²) >= 11 is 0. The number of nitrogens with zero attached hydrogens (tertiary/aromatic N) is 5. The van der Waals surface area contributed by atoms with Crippen molar-refractivity contribution in [3.05, 3.63) is 87.0 Å². The average molecular weight is 774 g/mol. The molecule has 15 nitrogen and oxygen atoms in total. The minimum absolute atomic E-state index is 0.00551. The van der Waals surface area contributed by atoms with Crippen molar-refractivity contribution in [3.8, 4) is 0 Å². The number of imide groups is 2. The fraction of sp³-hybridized carbons (Fsp3) is 0.368. The first-order valence-corrected chi connectivity index (χ1v) is 18.1. The number of aryl methyl sites for hydroxylation is 1. The van der Waals surface area contributed by atoms with Crippen LogP contribution in [0.5, 0.6) is 0 Å². The van der Waals surface area contributed by atoms with Crippen molar-refractivity contribution in [2.75, 3.05) is 36.0 Å². The molecule has 7 rings (SSSR count). The maximum Gasteiger partial charge on any atom is 0.416 e. The van der Waals surface area contributed by atoms with Crippen molar-refractivity contribution in [2.24, 2.45) is 7.05 Å². The van der Waals surface area contributed by atoms with Gasteiger partial charge in [-0.1, -0.05) is 6.07 Å². The van der Waals surface area contributed by atoms with E-state index in [-0.39, 0.29) is 60.0 Å². The number of hydrogen-bond donors (Lipinski definition) is 4. The fourth-order valence-electron chi connectivity index (χ4n) is 7.64. The first kappa shape index (κ1) is 38.0. The van der Waals surface area contributed by atoms with Crippen LogP contribution in [0.3, 0.4) is 0 Å². The van der Waals surface area contributed by atoms with E-state index in [2.05, 4.69) is 25.9 Å². The zero-order chi connectivity index (χ0) is 40.1. The fourth-order valence-corrected chi connectivity index (χ4v) is 7.64. The number of nitrogens with two attached hydrogens (primary N) is 1. The predicted molar refractivity (Wildman–Crippen MR) is 197 cm³/mol. The van der Waals surface area contributed by atoms with E-state index in [0.29, 0.717) is 59.6 Å². The van der Waals surface area contributed by atoms with Crippen LogP contribution in [0, 0.1) is 0 Å². The molecule has 0 bridgehead atoms. The van der Waals surface area contributed by atoms with Crippen molar-refractivity contribution < 1.29 is 37.1 Å². The molecule has 0 radical (unpaired) electrons. The molecule has 3 aliphatic rings. The van der Waals surface area contributed by atoms with E-state index in [1.807, 2.05) is 0 Å². The van der Waals surface area contributed by atoms with Gasteiger partial charge in [0.05, 0.1) is 28.1 Å². The Balaban J connectivity index is 0.994. The second-order valence-corrected chi connectivity index (χ2v) is 14.2. The number of rotatable bonds is 9. The number of piperidine rings is 2. The van der Waals surface area contributed by atoms with Gasteiger partial charge in [-0.15, -0.1) is 0 Å². The Morgan fingerprint density at radius 1 is 1.02 bits per heavy atom. The zero-order valence-corrected chi connectivity index (χ0v) is 30.4. The van der Waals surface area contributed by atoms with Gasteiger partial charge >= 0.3 is 6.18 Å². The van der Waals surface area contributed by atoms with Gasteiger partial charge in [0.15, 0.2) is 0 Å². The average Bonchev–Trinajstić information content (AvgIpc) is 3.41. The number of hydrogen-bond acceptors (Lipinski definition) is 11. The van der Waals surface area contributed by atoms with Gasteiger partial charge < -0.3 is 21.3 Å². The van der Waals surface area contributed by atoms with E-state index < -0.39 is 47.5 Å². The summed E-state index contributed by atoms with van der Waals surface area (Å²) < 4.78 is 41.9. The summed E-state index contributed by atoms with van der Waals surface area (Å²) in [6, 6.07) is 8.05. The lowest BCUT2D eigenvalue weighted by Gasteiger charge is -2.32. The quantitative estimate of drug-likeness (QED) is 0.143. The Morgan fingerprint density at radius 2 is 1.77 bits per heavy atom. The topological polar surface area (TPSA) is 202 Å². The van der Waals surface area contributed by atoms with Crippen LogP contribution in [-0.4, -0.2) is 79.5 Å². The third kappa shape index (κ3) is 7.13. The normalized spacial score (nSPS) is 18.3. The minimum Gasteiger partial charge on any atom is -0.399 e. The number of halogens is 3. The standard InChI is InChI=1S/C38H38F3N9O6/c1-19(21-14-22(38(39,40)41)16-23(42)15-21)46-32-26-17-25(35(54)48(2)33(26)45-18-44-32)20-9-12-49(13-10-20)30(52)8-11-43-27-5-3-4-24-31(27)37(56)50(36(24)55)28-6-7-29(51)47-34(28)53/h3-5,14-20,28,43H,6-13,42H2,1-2H3,(H,44,45,46)(H,47,51,53)/t19-,28?/m1/s1. The number of fused-ring (bicyclic) bond motifs is 2. The Morgan fingerprint density at radius 3 is 2.48 bits per heavy atom. The minimum atomic E-state index is -4.58. The summed E-state index contributed by atoms with van der Waals surface area (Å²) in [7, 11) is 1.59. The Bertz CT molecular complexity index is 2360. The lowest BCUT2D eigenvalue weighted by atomic mass is 9.89. The number of likely N-dealkylation sites (tertiary alicyclic amines) is 1. The number of benzene rings is 2. The molecule has 2 atom stereocenters. The molecule has 2 fully saturated rings. The number of aromatic nitrogens is 3. The lowest BCUT2D eigenvalue weighted by Crippen LogP contribution is -2.54. The molecule has 4 aromatic rings. The van der Waals surface area contributed by atoms with Crippen molar-refractivity contribution in [3.63, 3.8) is 0 Å². The molecule has 0 aliphatic carbocycles. The van der Waals surface area contributed by atoms with Gasteiger partial charge in [-0.3, -0.25) is 43.6 Å². The van der Waals surface area contributed by atoms with E-state index in [0.717, 1.165) is 17.0 Å². The summed E-state index contributed by atoms with van der Waals surface area (Å²) in [5, 5.41) is 8.94. The highest BCUT2D eigenvalue weighted by molar-refractivity contribution is 6.25. The first-order valence-electron chi connectivity index (χ1n) is 18.1. The number of amides is 5. The smallest absolute Gasteiger partial charge is 0.399 e. The molecule has 18 heteroatoms. The molecular formula is C38H38F3N9O6. The van der Waals surface area contributed by atoms with Gasteiger partial charge in [-0.05, 0) is 74.1 Å². The largest absolute Gasteiger partial charge is 0.416 e. The number of pyridine rings is 1. The van der Waals surface area contributed by atoms with E-state index >= 15 is 0 Å².